The zero-order chi connectivity index (χ0) is 22.8. The van der Waals surface area contributed by atoms with Crippen molar-refractivity contribution in [2.75, 3.05) is 23.7 Å². The number of unbranched alkanes of at least 4 members (excludes halogenated alkanes) is 1. The lowest BCUT2D eigenvalue weighted by molar-refractivity contribution is -0.0379. The molecule has 0 bridgehead atoms. The van der Waals surface area contributed by atoms with Gasteiger partial charge in [0.15, 0.2) is 5.16 Å². The maximum Gasteiger partial charge on any atom is 0.190 e. The summed E-state index contributed by atoms with van der Waals surface area (Å²) in [4.78, 5) is 15.2. The van der Waals surface area contributed by atoms with Crippen molar-refractivity contribution >= 4 is 39.1 Å². The lowest BCUT2D eigenvalue weighted by atomic mass is 9.90. The van der Waals surface area contributed by atoms with E-state index in [1.807, 2.05) is 23.1 Å². The van der Waals surface area contributed by atoms with Crippen LogP contribution < -0.4 is 4.90 Å². The van der Waals surface area contributed by atoms with Crippen molar-refractivity contribution in [3.05, 3.63) is 46.3 Å². The third kappa shape index (κ3) is 5.23. The van der Waals surface area contributed by atoms with Crippen LogP contribution in [0, 0.1) is 5.92 Å². The highest BCUT2D eigenvalue weighted by molar-refractivity contribution is 7.99. The Balaban J connectivity index is 1.42. The fraction of sp³-hybridized carbons (Fsp3) is 0.556. The van der Waals surface area contributed by atoms with Crippen LogP contribution >= 0.6 is 23.1 Å². The van der Waals surface area contributed by atoms with Crippen molar-refractivity contribution in [3.63, 3.8) is 0 Å². The summed E-state index contributed by atoms with van der Waals surface area (Å²) < 4.78 is 6.13. The minimum Gasteiger partial charge on any atom is -0.370 e. The van der Waals surface area contributed by atoms with Gasteiger partial charge < -0.3 is 9.64 Å². The number of anilines is 1. The molecular formula is C27H35N3OS2. The zero-order valence-corrected chi connectivity index (χ0v) is 21.7. The summed E-state index contributed by atoms with van der Waals surface area (Å²) in [7, 11) is 0. The summed E-state index contributed by atoms with van der Waals surface area (Å²) in [5.41, 5.74) is 2.76. The van der Waals surface area contributed by atoms with Crippen molar-refractivity contribution in [2.45, 2.75) is 76.7 Å². The Kier molecular flexibility index (Phi) is 6.96. The average molecular weight is 482 g/mol. The van der Waals surface area contributed by atoms with Crippen molar-refractivity contribution in [3.8, 4) is 0 Å². The van der Waals surface area contributed by atoms with Gasteiger partial charge in [0.05, 0.1) is 17.6 Å². The van der Waals surface area contributed by atoms with Gasteiger partial charge in [-0.1, -0.05) is 55.4 Å². The van der Waals surface area contributed by atoms with Crippen LogP contribution in [-0.2, 0) is 24.2 Å². The van der Waals surface area contributed by atoms with Crippen molar-refractivity contribution in [1.29, 1.82) is 0 Å². The molecule has 0 unspecified atom stereocenters. The molecule has 0 atom stereocenters. The highest BCUT2D eigenvalue weighted by Crippen LogP contribution is 2.43. The molecule has 0 aliphatic carbocycles. The largest absolute Gasteiger partial charge is 0.370 e. The predicted octanol–water partition coefficient (Wildman–Crippen LogP) is 6.89. The minimum absolute atomic E-state index is 0.129. The lowest BCUT2D eigenvalue weighted by Crippen LogP contribution is -2.35. The second-order valence-corrected chi connectivity index (χ2v) is 12.2. The van der Waals surface area contributed by atoms with Gasteiger partial charge in [-0.3, -0.25) is 0 Å². The van der Waals surface area contributed by atoms with E-state index in [-0.39, 0.29) is 5.60 Å². The number of thioether (sulfide) groups is 1. The SMILES string of the molecule is CCCCSc1nc(N2CCC(Cc3ccccc3)CC2)c2c3c(sc2n1)COC(C)(C)C3. The standard InChI is InChI=1S/C27H35N3OS2/c1-4-5-15-32-26-28-24(23-21-17-27(2,3)31-18-22(21)33-25(23)29-26)30-13-11-20(12-14-30)16-19-9-7-6-8-10-19/h6-10,20H,4-5,11-18H2,1-3H3. The third-order valence-corrected chi connectivity index (χ3v) is 8.93. The van der Waals surface area contributed by atoms with E-state index >= 15 is 0 Å². The molecule has 4 heterocycles. The number of aromatic nitrogens is 2. The van der Waals surface area contributed by atoms with E-state index in [1.165, 1.54) is 59.3 Å². The van der Waals surface area contributed by atoms with Gasteiger partial charge in [-0.2, -0.15) is 0 Å². The molecule has 0 amide bonds. The van der Waals surface area contributed by atoms with Crippen LogP contribution in [0.25, 0.3) is 10.2 Å². The van der Waals surface area contributed by atoms with Gasteiger partial charge in [0, 0.05) is 30.1 Å². The first-order chi connectivity index (χ1) is 16.0. The number of piperidine rings is 1. The van der Waals surface area contributed by atoms with E-state index in [4.69, 9.17) is 14.7 Å². The molecule has 1 aromatic carbocycles. The number of rotatable bonds is 7. The Morgan fingerprint density at radius 2 is 1.94 bits per heavy atom. The maximum absolute atomic E-state index is 6.13. The number of nitrogens with zero attached hydrogens (tertiary/aromatic N) is 3. The molecule has 0 spiro atoms. The Bertz CT molecular complexity index is 1090. The number of hydrogen-bond donors (Lipinski definition) is 0. The van der Waals surface area contributed by atoms with Gasteiger partial charge >= 0.3 is 0 Å². The number of thiophene rings is 1. The normalized spacial score (nSPS) is 18.6. The van der Waals surface area contributed by atoms with Crippen LogP contribution in [0.4, 0.5) is 5.82 Å². The van der Waals surface area contributed by atoms with Crippen molar-refractivity contribution in [2.24, 2.45) is 5.92 Å². The Hall–Kier alpha value is -1.63. The first-order valence-corrected chi connectivity index (χ1v) is 14.2. The molecule has 6 heteroatoms. The molecule has 33 heavy (non-hydrogen) atoms. The van der Waals surface area contributed by atoms with Crippen LogP contribution in [-0.4, -0.2) is 34.4 Å². The van der Waals surface area contributed by atoms with Crippen molar-refractivity contribution < 1.29 is 4.74 Å². The molecule has 5 rings (SSSR count). The van der Waals surface area contributed by atoms with Crippen LogP contribution in [0.2, 0.25) is 0 Å². The van der Waals surface area contributed by atoms with Gasteiger partial charge in [0.2, 0.25) is 0 Å². The fourth-order valence-corrected chi connectivity index (χ4v) is 7.08. The van der Waals surface area contributed by atoms with Gasteiger partial charge in [-0.25, -0.2) is 9.97 Å². The molecule has 3 aromatic rings. The molecule has 2 aliphatic heterocycles. The minimum atomic E-state index is -0.129. The molecule has 176 valence electrons. The summed E-state index contributed by atoms with van der Waals surface area (Å²) in [6.45, 7) is 9.49. The van der Waals surface area contributed by atoms with E-state index in [0.29, 0.717) is 6.61 Å². The van der Waals surface area contributed by atoms with E-state index in [0.717, 1.165) is 41.2 Å². The molecule has 2 aromatic heterocycles. The molecule has 0 radical (unpaired) electrons. The second kappa shape index (κ2) is 9.93. The summed E-state index contributed by atoms with van der Waals surface area (Å²) >= 11 is 3.63. The molecule has 1 fully saturated rings. The first-order valence-electron chi connectivity index (χ1n) is 12.4. The van der Waals surface area contributed by atoms with Gasteiger partial charge in [0.25, 0.3) is 0 Å². The summed E-state index contributed by atoms with van der Waals surface area (Å²) in [6.07, 6.45) is 6.97. The highest BCUT2D eigenvalue weighted by atomic mass is 32.2. The van der Waals surface area contributed by atoms with E-state index in [2.05, 4.69) is 56.0 Å². The number of fused-ring (bicyclic) bond motifs is 3. The maximum atomic E-state index is 6.13. The summed E-state index contributed by atoms with van der Waals surface area (Å²) in [6, 6.07) is 11.0. The lowest BCUT2D eigenvalue weighted by Gasteiger charge is -2.34. The molecule has 2 aliphatic rings. The molecule has 0 saturated carbocycles. The Labute approximate surface area is 206 Å². The van der Waals surface area contributed by atoms with E-state index in [9.17, 15) is 0 Å². The fourth-order valence-electron chi connectivity index (χ4n) is 5.00. The monoisotopic (exact) mass is 481 g/mol. The molecule has 0 N–H and O–H groups in total. The smallest absolute Gasteiger partial charge is 0.190 e. The van der Waals surface area contributed by atoms with E-state index < -0.39 is 0 Å². The Morgan fingerprint density at radius 1 is 1.15 bits per heavy atom. The topological polar surface area (TPSA) is 38.2 Å². The van der Waals surface area contributed by atoms with Crippen LogP contribution in [0.15, 0.2) is 35.5 Å². The number of ether oxygens (including phenoxy) is 1. The van der Waals surface area contributed by atoms with Gasteiger partial charge in [0.1, 0.15) is 10.6 Å². The Morgan fingerprint density at radius 3 is 2.70 bits per heavy atom. The third-order valence-electron chi connectivity index (χ3n) is 6.90. The van der Waals surface area contributed by atoms with Crippen LogP contribution in [0.1, 0.15) is 62.5 Å². The summed E-state index contributed by atoms with van der Waals surface area (Å²) in [5, 5.41) is 2.24. The molecule has 4 nitrogen and oxygen atoms in total. The van der Waals surface area contributed by atoms with Crippen LogP contribution in [0.3, 0.4) is 0 Å². The first kappa shape index (κ1) is 23.1. The van der Waals surface area contributed by atoms with Crippen molar-refractivity contribution in [1.82, 2.24) is 9.97 Å². The second-order valence-electron chi connectivity index (χ2n) is 10.1. The quantitative estimate of drug-likeness (QED) is 0.209. The summed E-state index contributed by atoms with van der Waals surface area (Å²) in [5.74, 6) is 3.01. The highest BCUT2D eigenvalue weighted by Gasteiger charge is 2.32. The predicted molar refractivity (Wildman–Crippen MR) is 141 cm³/mol. The number of hydrogen-bond acceptors (Lipinski definition) is 6. The van der Waals surface area contributed by atoms with Crippen LogP contribution in [0.5, 0.6) is 0 Å². The zero-order valence-electron chi connectivity index (χ0n) is 20.1. The average Bonchev–Trinajstić information content (AvgIpc) is 3.16. The number of benzene rings is 1. The van der Waals surface area contributed by atoms with Gasteiger partial charge in [-0.05, 0) is 56.6 Å². The van der Waals surface area contributed by atoms with Gasteiger partial charge in [-0.15, -0.1) is 11.3 Å². The molecular weight excluding hydrogens is 446 g/mol. The molecule has 1 saturated heterocycles. The van der Waals surface area contributed by atoms with E-state index in [1.54, 1.807) is 0 Å².